The number of amides is 2. The number of hydrogen-bond acceptors (Lipinski definition) is 3. The Balaban J connectivity index is 2.33. The number of amidine groups is 1. The van der Waals surface area contributed by atoms with E-state index in [0.717, 1.165) is 0 Å². The molecule has 20 heavy (non-hydrogen) atoms. The summed E-state index contributed by atoms with van der Waals surface area (Å²) >= 11 is 0. The number of guanidine groups is 1. The first-order valence-corrected chi connectivity index (χ1v) is 6.06. The normalized spacial score (nSPS) is 23.4. The Morgan fingerprint density at radius 1 is 1.50 bits per heavy atom. The summed E-state index contributed by atoms with van der Waals surface area (Å²) in [5.41, 5.74) is -0.114. The third-order valence-corrected chi connectivity index (χ3v) is 2.71. The molecule has 2 amide bonds. The number of carbonyl (C=O) groups excluding carboxylic acids is 2. The van der Waals surface area contributed by atoms with Crippen molar-refractivity contribution in [1.82, 2.24) is 5.32 Å². The number of terminal acetylenes is 1. The molecule has 6 heteroatoms. The SMILES string of the molecule is C#CC1=CC2C(=O)NC(=NC(=O)C(C)(C)C)N=C2N=C1. The van der Waals surface area contributed by atoms with E-state index in [1.807, 2.05) is 0 Å². The average molecular weight is 270 g/mol. The zero-order chi connectivity index (χ0) is 14.9. The Morgan fingerprint density at radius 2 is 2.20 bits per heavy atom. The van der Waals surface area contributed by atoms with Crippen LogP contribution < -0.4 is 5.32 Å². The zero-order valence-corrected chi connectivity index (χ0v) is 11.5. The van der Waals surface area contributed by atoms with Crippen LogP contribution in [-0.2, 0) is 9.59 Å². The minimum absolute atomic E-state index is 0.0316. The molecule has 0 aromatic heterocycles. The number of allylic oxidation sites excluding steroid dienone is 1. The third kappa shape index (κ3) is 2.72. The number of fused-ring (bicyclic) bond motifs is 1. The highest BCUT2D eigenvalue weighted by atomic mass is 16.2. The highest BCUT2D eigenvalue weighted by Gasteiger charge is 2.31. The van der Waals surface area contributed by atoms with Crippen LogP contribution in [-0.4, -0.2) is 29.8 Å². The molecule has 1 unspecified atom stereocenters. The minimum Gasteiger partial charge on any atom is -0.293 e. The van der Waals surface area contributed by atoms with E-state index in [-0.39, 0.29) is 23.6 Å². The van der Waals surface area contributed by atoms with E-state index in [4.69, 9.17) is 6.42 Å². The van der Waals surface area contributed by atoms with Gasteiger partial charge in [0.25, 0.3) is 5.91 Å². The van der Waals surface area contributed by atoms with Crippen molar-refractivity contribution in [2.45, 2.75) is 20.8 Å². The van der Waals surface area contributed by atoms with Gasteiger partial charge in [0, 0.05) is 17.2 Å². The number of nitrogens with one attached hydrogen (secondary N) is 1. The van der Waals surface area contributed by atoms with Crippen LogP contribution in [0.25, 0.3) is 0 Å². The largest absolute Gasteiger partial charge is 0.293 e. The molecule has 1 N–H and O–H groups in total. The maximum atomic E-state index is 12.0. The number of dihydropyridines is 1. The van der Waals surface area contributed by atoms with Crippen LogP contribution in [0.1, 0.15) is 20.8 Å². The Kier molecular flexibility index (Phi) is 3.36. The van der Waals surface area contributed by atoms with E-state index < -0.39 is 11.3 Å². The van der Waals surface area contributed by atoms with Crippen molar-refractivity contribution >= 4 is 29.8 Å². The van der Waals surface area contributed by atoms with Gasteiger partial charge in [-0.25, -0.2) is 4.99 Å². The first-order chi connectivity index (χ1) is 9.31. The smallest absolute Gasteiger partial charge is 0.254 e. The number of aliphatic imine (C=N–C) groups is 3. The predicted molar refractivity (Wildman–Crippen MR) is 76.4 cm³/mol. The van der Waals surface area contributed by atoms with E-state index in [9.17, 15) is 9.59 Å². The third-order valence-electron chi connectivity index (χ3n) is 2.71. The first kappa shape index (κ1) is 13.9. The summed E-state index contributed by atoms with van der Waals surface area (Å²) in [5.74, 6) is 1.32. The first-order valence-electron chi connectivity index (χ1n) is 6.06. The summed E-state index contributed by atoms with van der Waals surface area (Å²) in [4.78, 5) is 35.7. The van der Waals surface area contributed by atoms with Gasteiger partial charge in [0.15, 0.2) is 0 Å². The lowest BCUT2D eigenvalue weighted by atomic mass is 9.96. The van der Waals surface area contributed by atoms with Crippen molar-refractivity contribution in [3.05, 3.63) is 11.6 Å². The predicted octanol–water partition coefficient (Wildman–Crippen LogP) is 0.704. The maximum absolute atomic E-state index is 12.0. The lowest BCUT2D eigenvalue weighted by Gasteiger charge is -2.21. The van der Waals surface area contributed by atoms with Gasteiger partial charge in [-0.05, 0) is 6.08 Å². The van der Waals surface area contributed by atoms with E-state index >= 15 is 0 Å². The lowest BCUT2D eigenvalue weighted by molar-refractivity contribution is -0.124. The molecule has 0 aromatic carbocycles. The average Bonchev–Trinajstić information content (AvgIpc) is 2.37. The maximum Gasteiger partial charge on any atom is 0.254 e. The molecular weight excluding hydrogens is 256 g/mol. The van der Waals surface area contributed by atoms with Gasteiger partial charge in [0.05, 0.1) is 0 Å². The molecule has 0 bridgehead atoms. The molecule has 1 atom stereocenters. The Labute approximate surface area is 116 Å². The fourth-order valence-corrected chi connectivity index (χ4v) is 1.53. The number of rotatable bonds is 0. The van der Waals surface area contributed by atoms with Crippen molar-refractivity contribution in [2.24, 2.45) is 26.3 Å². The number of nitrogens with zero attached hydrogens (tertiary/aromatic N) is 3. The Morgan fingerprint density at radius 3 is 2.80 bits per heavy atom. The molecule has 0 radical (unpaired) electrons. The van der Waals surface area contributed by atoms with E-state index in [0.29, 0.717) is 5.57 Å². The van der Waals surface area contributed by atoms with Crippen molar-refractivity contribution in [1.29, 1.82) is 0 Å². The molecule has 0 spiro atoms. The Bertz CT molecular complexity index is 639. The van der Waals surface area contributed by atoms with E-state index in [1.54, 1.807) is 26.8 Å². The number of hydrogen-bond donors (Lipinski definition) is 1. The summed E-state index contributed by atoms with van der Waals surface area (Å²) in [6, 6.07) is 0. The summed E-state index contributed by atoms with van der Waals surface area (Å²) in [6.45, 7) is 5.21. The van der Waals surface area contributed by atoms with Crippen LogP contribution in [0.2, 0.25) is 0 Å². The van der Waals surface area contributed by atoms with Crippen LogP contribution in [0.15, 0.2) is 26.6 Å². The zero-order valence-electron chi connectivity index (χ0n) is 11.5. The van der Waals surface area contributed by atoms with Crippen molar-refractivity contribution in [3.8, 4) is 12.3 Å². The topological polar surface area (TPSA) is 83.2 Å². The standard InChI is InChI=1S/C14H14N4O2/c1-5-8-6-9-10(15-7-8)16-13(17-11(9)19)18-12(20)14(2,3)4/h1,6-7,9H,2-4H3,(H,17,18,19,20). The molecule has 0 saturated carbocycles. The number of carbonyl (C=O) groups is 2. The lowest BCUT2D eigenvalue weighted by Crippen LogP contribution is -2.44. The van der Waals surface area contributed by atoms with Crippen LogP contribution in [0, 0.1) is 23.7 Å². The molecule has 0 aliphatic carbocycles. The fourth-order valence-electron chi connectivity index (χ4n) is 1.53. The van der Waals surface area contributed by atoms with Crippen LogP contribution >= 0.6 is 0 Å². The van der Waals surface area contributed by atoms with Gasteiger partial charge in [0.2, 0.25) is 11.9 Å². The van der Waals surface area contributed by atoms with Gasteiger partial charge >= 0.3 is 0 Å². The molecule has 2 aliphatic rings. The quantitative estimate of drug-likeness (QED) is 0.657. The summed E-state index contributed by atoms with van der Waals surface area (Å²) < 4.78 is 0. The van der Waals surface area contributed by atoms with Gasteiger partial charge in [-0.3, -0.25) is 14.9 Å². The van der Waals surface area contributed by atoms with Crippen molar-refractivity contribution < 1.29 is 9.59 Å². The molecule has 102 valence electrons. The van der Waals surface area contributed by atoms with Crippen molar-refractivity contribution in [2.75, 3.05) is 0 Å². The van der Waals surface area contributed by atoms with Gasteiger partial charge in [-0.15, -0.1) is 6.42 Å². The Hall–Kier alpha value is -2.55. The molecule has 0 aromatic rings. The highest BCUT2D eigenvalue weighted by Crippen LogP contribution is 2.18. The summed E-state index contributed by atoms with van der Waals surface area (Å²) in [5, 5.41) is 2.48. The van der Waals surface area contributed by atoms with E-state index in [1.165, 1.54) is 6.21 Å². The van der Waals surface area contributed by atoms with Gasteiger partial charge in [-0.1, -0.05) is 26.7 Å². The second kappa shape index (κ2) is 4.85. The second-order valence-electron chi connectivity index (χ2n) is 5.45. The molecule has 0 fully saturated rings. The van der Waals surface area contributed by atoms with Gasteiger partial charge < -0.3 is 0 Å². The molecular formula is C14H14N4O2. The molecule has 6 nitrogen and oxygen atoms in total. The molecule has 2 heterocycles. The minimum atomic E-state index is -0.638. The van der Waals surface area contributed by atoms with Crippen LogP contribution in [0.3, 0.4) is 0 Å². The van der Waals surface area contributed by atoms with Crippen molar-refractivity contribution in [3.63, 3.8) is 0 Å². The fraction of sp³-hybridized carbons (Fsp3) is 0.357. The van der Waals surface area contributed by atoms with Gasteiger partial charge in [-0.2, -0.15) is 9.98 Å². The molecule has 2 aliphatic heterocycles. The summed E-state index contributed by atoms with van der Waals surface area (Å²) in [6.07, 6.45) is 8.32. The summed E-state index contributed by atoms with van der Waals surface area (Å²) in [7, 11) is 0. The molecule has 2 rings (SSSR count). The van der Waals surface area contributed by atoms with Gasteiger partial charge in [0.1, 0.15) is 11.8 Å². The molecule has 0 saturated heterocycles. The highest BCUT2D eigenvalue weighted by molar-refractivity contribution is 6.22. The van der Waals surface area contributed by atoms with Crippen LogP contribution in [0.4, 0.5) is 0 Å². The van der Waals surface area contributed by atoms with E-state index in [2.05, 4.69) is 26.2 Å². The second-order valence-corrected chi connectivity index (χ2v) is 5.45. The van der Waals surface area contributed by atoms with Crippen LogP contribution in [0.5, 0.6) is 0 Å². The monoisotopic (exact) mass is 270 g/mol.